The van der Waals surface area contributed by atoms with Gasteiger partial charge in [-0.25, -0.2) is 9.78 Å². The second kappa shape index (κ2) is 6.17. The summed E-state index contributed by atoms with van der Waals surface area (Å²) in [5.41, 5.74) is 0.249. The highest BCUT2D eigenvalue weighted by molar-refractivity contribution is 5.91. The third kappa shape index (κ3) is 3.25. The predicted octanol–water partition coefficient (Wildman–Crippen LogP) is 0.978. The number of para-hydroxylation sites is 1. The number of benzene rings is 1. The first-order valence-electron chi connectivity index (χ1n) is 6.45. The number of hydrogen-bond donors (Lipinski definition) is 1. The molecule has 7 heteroatoms. The molecule has 1 aromatic heterocycles. The number of hydrogen-bond acceptors (Lipinski definition) is 5. The molecule has 1 heterocycles. The summed E-state index contributed by atoms with van der Waals surface area (Å²) < 4.78 is 5.83. The molecule has 0 bridgehead atoms. The van der Waals surface area contributed by atoms with Crippen molar-refractivity contribution < 1.29 is 14.3 Å². The first kappa shape index (κ1) is 14.7. The van der Waals surface area contributed by atoms with Crippen molar-refractivity contribution in [3.63, 3.8) is 0 Å². The molecule has 2 amide bonds. The van der Waals surface area contributed by atoms with Gasteiger partial charge in [0.05, 0.1) is 17.5 Å². The number of imide groups is 1. The molecule has 7 nitrogen and oxygen atoms in total. The Balaban J connectivity index is 2.28. The van der Waals surface area contributed by atoms with Gasteiger partial charge in [0.1, 0.15) is 12.4 Å². The summed E-state index contributed by atoms with van der Waals surface area (Å²) in [5, 5.41) is 2.47. The van der Waals surface area contributed by atoms with E-state index in [0.717, 1.165) is 0 Å². The van der Waals surface area contributed by atoms with E-state index in [2.05, 4.69) is 9.72 Å². The van der Waals surface area contributed by atoms with E-state index < -0.39 is 12.0 Å². The van der Waals surface area contributed by atoms with E-state index in [1.165, 1.54) is 4.57 Å². The van der Waals surface area contributed by atoms with E-state index >= 15 is 0 Å². The first-order valence-corrected chi connectivity index (χ1v) is 6.45. The Kier molecular flexibility index (Phi) is 4.32. The lowest BCUT2D eigenvalue weighted by Crippen LogP contribution is -2.37. The third-order valence-electron chi connectivity index (χ3n) is 2.87. The van der Waals surface area contributed by atoms with E-state index in [4.69, 9.17) is 0 Å². The van der Waals surface area contributed by atoms with Gasteiger partial charge in [0, 0.05) is 0 Å². The molecule has 0 radical (unpaired) electrons. The molecule has 0 saturated carbocycles. The van der Waals surface area contributed by atoms with Crippen LogP contribution in [0.4, 0.5) is 4.79 Å². The van der Waals surface area contributed by atoms with Gasteiger partial charge in [-0.2, -0.15) is 0 Å². The Bertz CT molecular complexity index is 751. The maximum Gasteiger partial charge on any atom is 0.413 e. The van der Waals surface area contributed by atoms with Crippen molar-refractivity contribution in [3.8, 4) is 0 Å². The van der Waals surface area contributed by atoms with Crippen molar-refractivity contribution in [2.45, 2.75) is 20.4 Å². The number of alkyl carbamates (subject to hydrolysis) is 1. The van der Waals surface area contributed by atoms with Crippen molar-refractivity contribution in [2.24, 2.45) is 0 Å². The van der Waals surface area contributed by atoms with Crippen LogP contribution in [0.1, 0.15) is 12.7 Å². The molecule has 0 spiro atoms. The average Bonchev–Trinajstić information content (AvgIpc) is 2.43. The molecule has 1 aromatic carbocycles. The predicted molar refractivity (Wildman–Crippen MR) is 75.9 cm³/mol. The molecular weight excluding hydrogens is 274 g/mol. The normalized spacial score (nSPS) is 10.4. The Morgan fingerprint density at radius 3 is 2.76 bits per heavy atom. The fourth-order valence-corrected chi connectivity index (χ4v) is 1.93. The minimum absolute atomic E-state index is 0.162. The Morgan fingerprint density at radius 1 is 1.33 bits per heavy atom. The van der Waals surface area contributed by atoms with Crippen molar-refractivity contribution in [1.82, 2.24) is 14.9 Å². The number of carbonyl (C=O) groups excluding carboxylic acids is 2. The zero-order valence-corrected chi connectivity index (χ0v) is 11.8. The third-order valence-corrected chi connectivity index (χ3v) is 2.87. The number of aromatic nitrogens is 2. The topological polar surface area (TPSA) is 90.3 Å². The van der Waals surface area contributed by atoms with E-state index in [1.54, 1.807) is 38.1 Å². The van der Waals surface area contributed by atoms with Crippen LogP contribution in [0.15, 0.2) is 29.1 Å². The van der Waals surface area contributed by atoms with Crippen molar-refractivity contribution in [3.05, 3.63) is 40.4 Å². The summed E-state index contributed by atoms with van der Waals surface area (Å²) in [7, 11) is 0. The number of aryl methyl sites for hydroxylation is 1. The highest BCUT2D eigenvalue weighted by Crippen LogP contribution is 2.07. The van der Waals surface area contributed by atoms with Crippen molar-refractivity contribution in [1.29, 1.82) is 0 Å². The number of amides is 2. The SMILES string of the molecule is CCOC(=O)NC(=O)Cn1c(C)nc2ccccc2c1=O. The highest BCUT2D eigenvalue weighted by atomic mass is 16.5. The van der Waals surface area contributed by atoms with Gasteiger partial charge in [-0.3, -0.25) is 19.5 Å². The monoisotopic (exact) mass is 289 g/mol. The van der Waals surface area contributed by atoms with Crippen LogP contribution in [0.25, 0.3) is 10.9 Å². The van der Waals surface area contributed by atoms with Crippen molar-refractivity contribution >= 4 is 22.9 Å². The summed E-state index contributed by atoms with van der Waals surface area (Å²) in [6, 6.07) is 6.88. The van der Waals surface area contributed by atoms with E-state index in [0.29, 0.717) is 16.7 Å². The summed E-state index contributed by atoms with van der Waals surface area (Å²) in [6.45, 7) is 3.13. The Hall–Kier alpha value is -2.70. The molecule has 0 aliphatic carbocycles. The molecule has 21 heavy (non-hydrogen) atoms. The van der Waals surface area contributed by atoms with Gasteiger partial charge >= 0.3 is 6.09 Å². The molecule has 0 saturated heterocycles. The largest absolute Gasteiger partial charge is 0.450 e. The van der Waals surface area contributed by atoms with Crippen LogP contribution >= 0.6 is 0 Å². The van der Waals surface area contributed by atoms with Gasteiger partial charge in [-0.1, -0.05) is 12.1 Å². The van der Waals surface area contributed by atoms with Gasteiger partial charge in [-0.05, 0) is 26.0 Å². The van der Waals surface area contributed by atoms with Gasteiger partial charge in [0.15, 0.2) is 0 Å². The number of ether oxygens (including phenoxy) is 1. The fourth-order valence-electron chi connectivity index (χ4n) is 1.93. The maximum atomic E-state index is 12.3. The van der Waals surface area contributed by atoms with Crippen LogP contribution in [0, 0.1) is 6.92 Å². The lowest BCUT2D eigenvalue weighted by molar-refractivity contribution is -0.121. The second-order valence-corrected chi connectivity index (χ2v) is 4.34. The number of nitrogens with one attached hydrogen (secondary N) is 1. The lowest BCUT2D eigenvalue weighted by atomic mass is 10.2. The number of nitrogens with zero attached hydrogens (tertiary/aromatic N) is 2. The number of rotatable bonds is 3. The molecule has 0 atom stereocenters. The molecule has 0 unspecified atom stereocenters. The molecule has 2 rings (SSSR count). The summed E-state index contributed by atoms with van der Waals surface area (Å²) in [5.74, 6) is -0.228. The Labute approximate surface area is 120 Å². The molecule has 110 valence electrons. The zero-order valence-electron chi connectivity index (χ0n) is 11.8. The molecular formula is C14H15N3O4. The van der Waals surface area contributed by atoms with E-state index in [1.807, 2.05) is 5.32 Å². The van der Waals surface area contributed by atoms with E-state index in [-0.39, 0.29) is 18.7 Å². The Morgan fingerprint density at radius 2 is 2.05 bits per heavy atom. The molecule has 1 N–H and O–H groups in total. The zero-order chi connectivity index (χ0) is 15.4. The van der Waals surface area contributed by atoms with Crippen LogP contribution < -0.4 is 10.9 Å². The van der Waals surface area contributed by atoms with Crippen LogP contribution in [-0.2, 0) is 16.1 Å². The second-order valence-electron chi connectivity index (χ2n) is 4.34. The van der Waals surface area contributed by atoms with Gasteiger partial charge in [0.25, 0.3) is 5.56 Å². The standard InChI is InChI=1S/C14H15N3O4/c1-3-21-14(20)16-12(18)8-17-9(2)15-11-7-5-4-6-10(11)13(17)19/h4-7H,3,8H2,1-2H3,(H,16,18,20). The van der Waals surface area contributed by atoms with Crippen LogP contribution in [0.5, 0.6) is 0 Å². The van der Waals surface area contributed by atoms with E-state index in [9.17, 15) is 14.4 Å². The minimum atomic E-state index is -0.832. The van der Waals surface area contributed by atoms with Gasteiger partial charge < -0.3 is 4.74 Å². The minimum Gasteiger partial charge on any atom is -0.450 e. The first-order chi connectivity index (χ1) is 10.0. The molecule has 2 aromatic rings. The van der Waals surface area contributed by atoms with Crippen LogP contribution in [0.3, 0.4) is 0 Å². The summed E-state index contributed by atoms with van der Waals surface area (Å²) in [6.07, 6.45) is -0.832. The molecule has 0 aliphatic rings. The van der Waals surface area contributed by atoms with Crippen LogP contribution in [0.2, 0.25) is 0 Å². The quantitative estimate of drug-likeness (QED) is 0.909. The summed E-state index contributed by atoms with van der Waals surface area (Å²) in [4.78, 5) is 39.5. The maximum absolute atomic E-state index is 12.3. The van der Waals surface area contributed by atoms with Crippen molar-refractivity contribution in [2.75, 3.05) is 6.61 Å². The smallest absolute Gasteiger partial charge is 0.413 e. The van der Waals surface area contributed by atoms with Gasteiger partial charge in [0.2, 0.25) is 5.91 Å². The summed E-state index contributed by atoms with van der Waals surface area (Å²) >= 11 is 0. The highest BCUT2D eigenvalue weighted by Gasteiger charge is 2.13. The van der Waals surface area contributed by atoms with Gasteiger partial charge in [-0.15, -0.1) is 0 Å². The molecule has 0 fully saturated rings. The molecule has 0 aliphatic heterocycles. The fraction of sp³-hybridized carbons (Fsp3) is 0.286. The average molecular weight is 289 g/mol. The lowest BCUT2D eigenvalue weighted by Gasteiger charge is -2.10. The number of carbonyl (C=O) groups is 2. The number of fused-ring (bicyclic) bond motifs is 1. The van der Waals surface area contributed by atoms with Crippen LogP contribution in [-0.4, -0.2) is 28.2 Å².